The van der Waals surface area contributed by atoms with Crippen LogP contribution in [0.5, 0.6) is 0 Å². The van der Waals surface area contributed by atoms with Crippen LogP contribution in [-0.4, -0.2) is 43.3 Å². The summed E-state index contributed by atoms with van der Waals surface area (Å²) in [6, 6.07) is 15.0. The van der Waals surface area contributed by atoms with Gasteiger partial charge in [0.05, 0.1) is 5.56 Å². The number of nitrogens with zero attached hydrogens (tertiary/aromatic N) is 1. The molecule has 2 aromatic rings. The third kappa shape index (κ3) is 8.08. The van der Waals surface area contributed by atoms with Crippen LogP contribution in [0.15, 0.2) is 48.5 Å². The van der Waals surface area contributed by atoms with Gasteiger partial charge in [-0.3, -0.25) is 9.59 Å². The molecule has 0 aliphatic carbocycles. The predicted octanol–water partition coefficient (Wildman–Crippen LogP) is 5.62. The van der Waals surface area contributed by atoms with E-state index >= 15 is 0 Å². The van der Waals surface area contributed by atoms with Gasteiger partial charge in [-0.15, -0.1) is 0 Å². The lowest BCUT2D eigenvalue weighted by molar-refractivity contribution is -0.122. The van der Waals surface area contributed by atoms with Crippen molar-refractivity contribution < 1.29 is 14.0 Å². The van der Waals surface area contributed by atoms with Crippen molar-refractivity contribution in [3.63, 3.8) is 0 Å². The lowest BCUT2D eigenvalue weighted by atomic mass is 9.74. The van der Waals surface area contributed by atoms with Gasteiger partial charge in [0.15, 0.2) is 5.78 Å². The molecule has 2 atom stereocenters. The monoisotopic (exact) mass is 454 g/mol. The van der Waals surface area contributed by atoms with E-state index in [1.54, 1.807) is 6.07 Å². The first kappa shape index (κ1) is 26.7. The zero-order valence-corrected chi connectivity index (χ0v) is 21.0. The highest BCUT2D eigenvalue weighted by molar-refractivity contribution is 5.96. The van der Waals surface area contributed by atoms with Crippen LogP contribution >= 0.6 is 0 Å². The molecular weight excluding hydrogens is 415 g/mol. The Labute approximate surface area is 198 Å². The average molecular weight is 455 g/mol. The van der Waals surface area contributed by atoms with Crippen LogP contribution in [-0.2, 0) is 11.2 Å². The Kier molecular flexibility index (Phi) is 9.78. The molecule has 2 rings (SSSR count). The van der Waals surface area contributed by atoms with Gasteiger partial charge in [-0.25, -0.2) is 4.39 Å². The minimum Gasteiger partial charge on any atom is -0.355 e. The van der Waals surface area contributed by atoms with Gasteiger partial charge >= 0.3 is 0 Å². The molecule has 1 amide bonds. The third-order valence-electron chi connectivity index (χ3n) is 6.18. The summed E-state index contributed by atoms with van der Waals surface area (Å²) in [5.74, 6) is -0.510. The van der Waals surface area contributed by atoms with Crippen molar-refractivity contribution in [2.45, 2.75) is 65.3 Å². The molecule has 33 heavy (non-hydrogen) atoms. The van der Waals surface area contributed by atoms with Crippen molar-refractivity contribution >= 4 is 11.7 Å². The number of likely N-dealkylation sites (N-methyl/N-ethyl adjacent to an activating group) is 1. The second kappa shape index (κ2) is 12.1. The van der Waals surface area contributed by atoms with Crippen LogP contribution in [0.1, 0.15) is 74.4 Å². The minimum atomic E-state index is -0.469. The van der Waals surface area contributed by atoms with E-state index in [2.05, 4.69) is 38.2 Å². The Morgan fingerprint density at radius 2 is 1.73 bits per heavy atom. The molecule has 0 bridgehead atoms. The molecule has 0 aromatic heterocycles. The Hall–Kier alpha value is -2.53. The lowest BCUT2D eigenvalue weighted by Gasteiger charge is -2.31. The first-order chi connectivity index (χ1) is 15.5. The van der Waals surface area contributed by atoms with Crippen molar-refractivity contribution in [2.24, 2.45) is 5.41 Å². The Bertz CT molecular complexity index is 919. The summed E-state index contributed by atoms with van der Waals surface area (Å²) < 4.78 is 14.5. The van der Waals surface area contributed by atoms with Crippen LogP contribution in [0, 0.1) is 11.2 Å². The largest absolute Gasteiger partial charge is 0.355 e. The van der Waals surface area contributed by atoms with E-state index in [9.17, 15) is 14.0 Å². The van der Waals surface area contributed by atoms with E-state index in [1.165, 1.54) is 6.07 Å². The lowest BCUT2D eigenvalue weighted by Crippen LogP contribution is -2.42. The number of hydrogen-bond acceptors (Lipinski definition) is 3. The number of halogens is 1. The molecule has 0 heterocycles. The third-order valence-corrected chi connectivity index (χ3v) is 6.18. The highest BCUT2D eigenvalue weighted by atomic mass is 19.1. The molecule has 0 saturated heterocycles. The first-order valence-corrected chi connectivity index (χ1v) is 11.8. The van der Waals surface area contributed by atoms with Crippen LogP contribution in [0.25, 0.3) is 0 Å². The summed E-state index contributed by atoms with van der Waals surface area (Å²) >= 11 is 0. The number of benzene rings is 2. The molecule has 0 aliphatic heterocycles. The maximum absolute atomic E-state index is 14.5. The summed E-state index contributed by atoms with van der Waals surface area (Å²) in [5.41, 5.74) is 2.08. The molecule has 0 radical (unpaired) electrons. The maximum Gasteiger partial charge on any atom is 0.220 e. The van der Waals surface area contributed by atoms with Gasteiger partial charge in [-0.2, -0.15) is 0 Å². The zero-order valence-electron chi connectivity index (χ0n) is 21.0. The van der Waals surface area contributed by atoms with Gasteiger partial charge in [-0.05, 0) is 61.5 Å². The number of nitrogens with one attached hydrogen (secondary N) is 1. The molecule has 0 fully saturated rings. The molecule has 0 unspecified atom stereocenters. The number of carbonyl (C=O) groups excluding carboxylic acids is 2. The predicted molar refractivity (Wildman–Crippen MR) is 133 cm³/mol. The van der Waals surface area contributed by atoms with E-state index in [0.29, 0.717) is 32.2 Å². The molecule has 1 N–H and O–H groups in total. The standard InChI is InChI=1S/C28H39FN2O2/c1-7-11-26(32)23-15-14-20(17-25(23)29)16-22(31(5)6)19-30-27(33)18-24(28(2,3)4)21-12-9-8-10-13-21/h8-10,12-15,17,22,24H,7,11,16,18-19H2,1-6H3,(H,30,33)/t22-,24-/m0/s1. The van der Waals surface area contributed by atoms with Gasteiger partial charge in [0.1, 0.15) is 5.82 Å². The summed E-state index contributed by atoms with van der Waals surface area (Å²) in [6.07, 6.45) is 2.04. The fourth-order valence-electron chi connectivity index (χ4n) is 4.08. The zero-order chi connectivity index (χ0) is 24.6. The summed E-state index contributed by atoms with van der Waals surface area (Å²) in [7, 11) is 3.91. The van der Waals surface area contributed by atoms with Gasteiger partial charge < -0.3 is 10.2 Å². The first-order valence-electron chi connectivity index (χ1n) is 11.8. The molecular formula is C28H39FN2O2. The Morgan fingerprint density at radius 3 is 2.27 bits per heavy atom. The fraction of sp³-hybridized carbons (Fsp3) is 0.500. The number of hydrogen-bond donors (Lipinski definition) is 1. The smallest absolute Gasteiger partial charge is 0.220 e. The van der Waals surface area contributed by atoms with Gasteiger partial charge in [0.2, 0.25) is 5.91 Å². The molecule has 2 aromatic carbocycles. The van der Waals surface area contributed by atoms with E-state index in [4.69, 9.17) is 0 Å². The van der Waals surface area contributed by atoms with Crippen LogP contribution < -0.4 is 5.32 Å². The number of rotatable bonds is 11. The number of carbonyl (C=O) groups is 2. The topological polar surface area (TPSA) is 49.4 Å². The molecule has 0 aliphatic rings. The molecule has 180 valence electrons. The summed E-state index contributed by atoms with van der Waals surface area (Å²) in [4.78, 5) is 26.9. The van der Waals surface area contributed by atoms with E-state index in [0.717, 1.165) is 11.1 Å². The van der Waals surface area contributed by atoms with E-state index in [-0.39, 0.29) is 34.6 Å². The number of amides is 1. The molecule has 0 spiro atoms. The fourth-order valence-corrected chi connectivity index (χ4v) is 4.08. The number of Topliss-reactive ketones (excluding diaryl/α,β-unsaturated/α-hetero) is 1. The normalized spacial score (nSPS) is 13.6. The number of ketones is 1. The van der Waals surface area contributed by atoms with Gasteiger partial charge in [0.25, 0.3) is 0 Å². The highest BCUT2D eigenvalue weighted by Gasteiger charge is 2.28. The Balaban J connectivity index is 2.03. The molecule has 4 nitrogen and oxygen atoms in total. The van der Waals surface area contributed by atoms with Crippen molar-refractivity contribution in [2.75, 3.05) is 20.6 Å². The second-order valence-electron chi connectivity index (χ2n) is 10.1. The van der Waals surface area contributed by atoms with Crippen LogP contribution in [0.4, 0.5) is 4.39 Å². The SMILES string of the molecule is CCCC(=O)c1ccc(C[C@@H](CNC(=O)C[C@@H](c2ccccc2)C(C)(C)C)N(C)C)cc1F. The summed E-state index contributed by atoms with van der Waals surface area (Å²) in [5, 5.41) is 3.09. The van der Waals surface area contributed by atoms with Crippen molar-refractivity contribution in [1.82, 2.24) is 10.2 Å². The summed E-state index contributed by atoms with van der Waals surface area (Å²) in [6.45, 7) is 8.84. The second-order valence-corrected chi connectivity index (χ2v) is 10.1. The van der Waals surface area contributed by atoms with Crippen molar-refractivity contribution in [1.29, 1.82) is 0 Å². The molecule has 5 heteroatoms. The van der Waals surface area contributed by atoms with Crippen molar-refractivity contribution in [3.05, 3.63) is 71.0 Å². The molecule has 0 saturated carbocycles. The van der Waals surface area contributed by atoms with Crippen molar-refractivity contribution in [3.8, 4) is 0 Å². The van der Waals surface area contributed by atoms with Gasteiger partial charge in [-0.1, -0.05) is 64.1 Å². The quantitative estimate of drug-likeness (QED) is 0.449. The van der Waals surface area contributed by atoms with E-state index in [1.807, 2.05) is 50.2 Å². The van der Waals surface area contributed by atoms with E-state index < -0.39 is 5.82 Å². The van der Waals surface area contributed by atoms with Crippen LogP contribution in [0.2, 0.25) is 0 Å². The highest BCUT2D eigenvalue weighted by Crippen LogP contribution is 2.37. The van der Waals surface area contributed by atoms with Crippen LogP contribution in [0.3, 0.4) is 0 Å². The Morgan fingerprint density at radius 1 is 1.06 bits per heavy atom. The average Bonchev–Trinajstić information content (AvgIpc) is 2.74. The van der Waals surface area contributed by atoms with Gasteiger partial charge in [0, 0.05) is 25.4 Å². The maximum atomic E-state index is 14.5. The minimum absolute atomic E-state index is 0.00959.